The van der Waals surface area contributed by atoms with Gasteiger partial charge < -0.3 is 15.6 Å². The molecule has 3 rings (SSSR count). The Kier molecular flexibility index (Phi) is 5.36. The third-order valence-electron chi connectivity index (χ3n) is 4.19. The molecule has 0 saturated carbocycles. The fourth-order valence-electron chi connectivity index (χ4n) is 3.07. The number of nitrogens with one attached hydrogen (secondary N) is 1. The second-order valence-corrected chi connectivity index (χ2v) is 6.72. The van der Waals surface area contributed by atoms with Crippen LogP contribution in [0.2, 0.25) is 0 Å². The number of nitrogens with zero attached hydrogens (tertiary/aromatic N) is 5. The van der Waals surface area contributed by atoms with Crippen molar-refractivity contribution in [2.45, 2.75) is 26.1 Å². The number of anilines is 1. The number of amides is 1. The van der Waals surface area contributed by atoms with Gasteiger partial charge in [-0.3, -0.25) is 4.79 Å². The summed E-state index contributed by atoms with van der Waals surface area (Å²) in [6, 6.07) is -0.0823. The molecule has 0 spiro atoms. The van der Waals surface area contributed by atoms with E-state index in [1.165, 1.54) is 12.3 Å². The predicted molar refractivity (Wildman–Crippen MR) is 96.1 cm³/mol. The van der Waals surface area contributed by atoms with Crippen molar-refractivity contribution >= 4 is 22.8 Å². The van der Waals surface area contributed by atoms with Crippen LogP contribution in [0.4, 0.5) is 23.4 Å². The Morgan fingerprint density at radius 3 is 2.66 bits per heavy atom. The molecule has 0 aliphatic heterocycles. The van der Waals surface area contributed by atoms with Gasteiger partial charge in [0.2, 0.25) is 5.91 Å². The summed E-state index contributed by atoms with van der Waals surface area (Å²) in [5.41, 5.74) is 6.00. The molecule has 0 aliphatic carbocycles. The Labute approximate surface area is 162 Å². The Bertz CT molecular complexity index is 1030. The van der Waals surface area contributed by atoms with Gasteiger partial charge in [-0.15, -0.1) is 5.10 Å². The molecule has 154 valence electrons. The fraction of sp³-hybridized carbons (Fsp3) is 0.353. The number of hydrogen-bond acceptors (Lipinski definition) is 6. The minimum Gasteiger partial charge on any atom is -0.368 e. The molecule has 3 heterocycles. The zero-order chi connectivity index (χ0) is 21.3. The number of carbonyl (C=O) groups excluding carboxylic acids is 1. The number of fused-ring (bicyclic) bond motifs is 1. The number of H-pyrrole nitrogens is 1. The standard InChI is InChI=1S/C17H17F4N7O/c1-8(2)13(14(22)29)28(7-17(19,20)21)12-6-25-27-16(26-12)11-5-24-15-10(11)3-9(18)4-23-15/h3-6,8,13H,7H2,1-2H3,(H2,22,29)(H,23,24)/t13-/m1/s1. The summed E-state index contributed by atoms with van der Waals surface area (Å²) < 4.78 is 53.1. The number of hydrogen-bond donors (Lipinski definition) is 2. The highest BCUT2D eigenvalue weighted by Crippen LogP contribution is 2.29. The lowest BCUT2D eigenvalue weighted by Crippen LogP contribution is -2.52. The summed E-state index contributed by atoms with van der Waals surface area (Å²) in [5, 5.41) is 7.89. The van der Waals surface area contributed by atoms with Gasteiger partial charge in [-0.25, -0.2) is 14.4 Å². The van der Waals surface area contributed by atoms with Crippen molar-refractivity contribution in [3.63, 3.8) is 0 Å². The Morgan fingerprint density at radius 1 is 1.31 bits per heavy atom. The second-order valence-electron chi connectivity index (χ2n) is 6.72. The van der Waals surface area contributed by atoms with Gasteiger partial charge in [0.1, 0.15) is 24.1 Å². The van der Waals surface area contributed by atoms with Gasteiger partial charge in [-0.2, -0.15) is 18.3 Å². The lowest BCUT2D eigenvalue weighted by molar-refractivity contribution is -0.126. The van der Waals surface area contributed by atoms with Crippen LogP contribution in [0, 0.1) is 11.7 Å². The summed E-state index contributed by atoms with van der Waals surface area (Å²) in [6.45, 7) is 1.69. The van der Waals surface area contributed by atoms with Crippen molar-refractivity contribution in [2.24, 2.45) is 11.7 Å². The number of rotatable bonds is 6. The van der Waals surface area contributed by atoms with E-state index in [4.69, 9.17) is 5.73 Å². The van der Waals surface area contributed by atoms with E-state index in [1.54, 1.807) is 13.8 Å². The van der Waals surface area contributed by atoms with Crippen LogP contribution in [0.3, 0.4) is 0 Å². The number of aromatic amines is 1. The van der Waals surface area contributed by atoms with Crippen LogP contribution in [0.15, 0.2) is 24.7 Å². The molecule has 12 heteroatoms. The third-order valence-corrected chi connectivity index (χ3v) is 4.19. The molecule has 0 bridgehead atoms. The molecule has 0 radical (unpaired) electrons. The number of alkyl halides is 3. The maximum absolute atomic E-state index is 13.6. The van der Waals surface area contributed by atoms with Gasteiger partial charge in [0, 0.05) is 17.1 Å². The molecular weight excluding hydrogens is 394 g/mol. The minimum absolute atomic E-state index is 0.0553. The molecule has 0 saturated heterocycles. The van der Waals surface area contributed by atoms with E-state index in [1.807, 2.05) is 0 Å². The molecule has 3 N–H and O–H groups in total. The molecule has 1 atom stereocenters. The van der Waals surface area contributed by atoms with E-state index in [-0.39, 0.29) is 11.6 Å². The van der Waals surface area contributed by atoms with Gasteiger partial charge in [-0.05, 0) is 12.0 Å². The first kappa shape index (κ1) is 20.4. The van der Waals surface area contributed by atoms with Crippen molar-refractivity contribution in [1.29, 1.82) is 0 Å². The summed E-state index contributed by atoms with van der Waals surface area (Å²) in [6.07, 6.45) is -1.15. The topological polar surface area (TPSA) is 114 Å². The zero-order valence-electron chi connectivity index (χ0n) is 15.4. The second kappa shape index (κ2) is 7.60. The molecule has 8 nitrogen and oxygen atoms in total. The highest BCUT2D eigenvalue weighted by Gasteiger charge is 2.38. The van der Waals surface area contributed by atoms with E-state index < -0.39 is 36.4 Å². The van der Waals surface area contributed by atoms with E-state index in [0.717, 1.165) is 17.3 Å². The van der Waals surface area contributed by atoms with E-state index >= 15 is 0 Å². The number of halogens is 4. The number of aromatic nitrogens is 5. The highest BCUT2D eigenvalue weighted by atomic mass is 19.4. The first-order valence-corrected chi connectivity index (χ1v) is 8.52. The summed E-state index contributed by atoms with van der Waals surface area (Å²) in [4.78, 5) is 23.4. The van der Waals surface area contributed by atoms with Crippen molar-refractivity contribution in [2.75, 3.05) is 11.4 Å². The molecular formula is C17H17F4N7O. The zero-order valence-corrected chi connectivity index (χ0v) is 15.4. The van der Waals surface area contributed by atoms with Gasteiger partial charge in [0.15, 0.2) is 11.6 Å². The molecule has 1 amide bonds. The van der Waals surface area contributed by atoms with Crippen LogP contribution in [-0.4, -0.2) is 49.8 Å². The maximum atomic E-state index is 13.6. The summed E-state index contributed by atoms with van der Waals surface area (Å²) in [5.74, 6) is -2.35. The lowest BCUT2D eigenvalue weighted by atomic mass is 10.0. The average Bonchev–Trinajstić information content (AvgIpc) is 3.02. The highest BCUT2D eigenvalue weighted by molar-refractivity contribution is 5.91. The van der Waals surface area contributed by atoms with Gasteiger partial charge in [0.05, 0.1) is 12.4 Å². The quantitative estimate of drug-likeness (QED) is 0.603. The number of nitrogens with two attached hydrogens (primary N) is 1. The molecule has 3 aromatic rings. The SMILES string of the molecule is CC(C)[C@H](C(N)=O)N(CC(F)(F)F)c1cnnc(-c2c[nH]c3ncc(F)cc23)n1. The van der Waals surface area contributed by atoms with Gasteiger partial charge in [0.25, 0.3) is 0 Å². The van der Waals surface area contributed by atoms with Crippen LogP contribution < -0.4 is 10.6 Å². The Hall–Kier alpha value is -3.31. The van der Waals surface area contributed by atoms with E-state index in [2.05, 4.69) is 25.1 Å². The summed E-state index contributed by atoms with van der Waals surface area (Å²) in [7, 11) is 0. The monoisotopic (exact) mass is 411 g/mol. The van der Waals surface area contributed by atoms with Crippen molar-refractivity contribution in [3.05, 3.63) is 30.5 Å². The maximum Gasteiger partial charge on any atom is 0.406 e. The normalized spacial score (nSPS) is 13.1. The van der Waals surface area contributed by atoms with Crippen LogP contribution in [0.25, 0.3) is 22.4 Å². The van der Waals surface area contributed by atoms with Gasteiger partial charge in [-0.1, -0.05) is 13.8 Å². The number of carbonyl (C=O) groups is 1. The van der Waals surface area contributed by atoms with E-state index in [9.17, 15) is 22.4 Å². The minimum atomic E-state index is -4.62. The first-order chi connectivity index (χ1) is 13.6. The van der Waals surface area contributed by atoms with Gasteiger partial charge >= 0.3 is 6.18 Å². The largest absolute Gasteiger partial charge is 0.406 e. The Balaban J connectivity index is 2.10. The third kappa shape index (κ3) is 4.41. The summed E-state index contributed by atoms with van der Waals surface area (Å²) >= 11 is 0. The van der Waals surface area contributed by atoms with E-state index in [0.29, 0.717) is 16.6 Å². The fourth-order valence-corrected chi connectivity index (χ4v) is 3.07. The van der Waals surface area contributed by atoms with Crippen LogP contribution in [0.1, 0.15) is 13.8 Å². The number of pyridine rings is 1. The number of primary amides is 1. The first-order valence-electron chi connectivity index (χ1n) is 8.52. The molecule has 0 aromatic carbocycles. The molecule has 0 aliphatic rings. The molecule has 0 fully saturated rings. The average molecular weight is 411 g/mol. The lowest BCUT2D eigenvalue weighted by Gasteiger charge is -2.33. The smallest absolute Gasteiger partial charge is 0.368 e. The van der Waals surface area contributed by atoms with Crippen LogP contribution in [0.5, 0.6) is 0 Å². The molecule has 0 unspecified atom stereocenters. The van der Waals surface area contributed by atoms with Crippen LogP contribution in [-0.2, 0) is 4.79 Å². The Morgan fingerprint density at radius 2 is 2.03 bits per heavy atom. The molecule has 29 heavy (non-hydrogen) atoms. The van der Waals surface area contributed by atoms with Crippen molar-refractivity contribution in [3.8, 4) is 11.4 Å². The van der Waals surface area contributed by atoms with Crippen LogP contribution >= 0.6 is 0 Å². The predicted octanol–water partition coefficient (Wildman–Crippen LogP) is 2.43. The van der Waals surface area contributed by atoms with Crippen molar-refractivity contribution < 1.29 is 22.4 Å². The molecule has 3 aromatic heterocycles. The van der Waals surface area contributed by atoms with Crippen molar-refractivity contribution in [1.82, 2.24) is 25.1 Å².